The Bertz CT molecular complexity index is 1250. The highest BCUT2D eigenvalue weighted by Crippen LogP contribution is 2.31. The minimum Gasteiger partial charge on any atom is -0.321 e. The molecule has 3 heterocycles. The van der Waals surface area contributed by atoms with Gasteiger partial charge in [0, 0.05) is 23.7 Å². The van der Waals surface area contributed by atoms with Gasteiger partial charge >= 0.3 is 0 Å². The van der Waals surface area contributed by atoms with E-state index in [-0.39, 0.29) is 11.9 Å². The van der Waals surface area contributed by atoms with E-state index in [1.54, 1.807) is 0 Å². The van der Waals surface area contributed by atoms with Gasteiger partial charge in [-0.2, -0.15) is 0 Å². The lowest BCUT2D eigenvalue weighted by Crippen LogP contribution is -2.36. The number of amides is 1. The van der Waals surface area contributed by atoms with E-state index < -0.39 is 0 Å². The minimum atomic E-state index is 0.0836. The molecule has 6 nitrogen and oxygen atoms in total. The highest BCUT2D eigenvalue weighted by Gasteiger charge is 2.23. The Morgan fingerprint density at radius 3 is 2.77 bits per heavy atom. The fourth-order valence-corrected chi connectivity index (χ4v) is 4.88. The van der Waals surface area contributed by atoms with Crippen molar-refractivity contribution in [1.82, 2.24) is 19.7 Å². The molecule has 5 rings (SSSR count). The first-order chi connectivity index (χ1) is 14.6. The number of aryl methyl sites for hydroxylation is 1. The van der Waals surface area contributed by atoms with Crippen molar-refractivity contribution in [2.45, 2.75) is 37.9 Å². The monoisotopic (exact) mass is 417 g/mol. The molecule has 2 aromatic heterocycles. The number of carbonyl (C=O) groups excluding carboxylic acids is 1. The second kappa shape index (κ2) is 7.72. The molecule has 0 saturated carbocycles. The minimum absolute atomic E-state index is 0.0836. The van der Waals surface area contributed by atoms with Crippen molar-refractivity contribution >= 4 is 45.4 Å². The van der Waals surface area contributed by atoms with Crippen LogP contribution in [0.15, 0.2) is 53.7 Å². The number of benzene rings is 2. The number of fused-ring (bicyclic) bond motifs is 4. The van der Waals surface area contributed by atoms with Crippen molar-refractivity contribution in [3.05, 3.63) is 54.1 Å². The summed E-state index contributed by atoms with van der Waals surface area (Å²) in [5.74, 6) is 0.379. The summed E-state index contributed by atoms with van der Waals surface area (Å²) in [5.41, 5.74) is 5.00. The second-order valence-corrected chi connectivity index (χ2v) is 8.76. The topological polar surface area (TPSA) is 63.9 Å². The van der Waals surface area contributed by atoms with E-state index in [1.165, 1.54) is 17.3 Å². The Kier molecular flexibility index (Phi) is 4.90. The molecule has 0 saturated heterocycles. The number of rotatable bonds is 4. The fraction of sp³-hybridized carbons (Fsp3) is 0.304. The summed E-state index contributed by atoms with van der Waals surface area (Å²) in [6.45, 7) is 5.03. The summed E-state index contributed by atoms with van der Waals surface area (Å²) in [4.78, 5) is 19.6. The van der Waals surface area contributed by atoms with Crippen molar-refractivity contribution in [1.29, 1.82) is 0 Å². The molecule has 30 heavy (non-hydrogen) atoms. The quantitative estimate of drug-likeness (QED) is 0.453. The molecule has 1 aliphatic rings. The molecule has 1 amide bonds. The molecule has 0 spiro atoms. The third-order valence-electron chi connectivity index (χ3n) is 5.55. The molecule has 4 aromatic rings. The van der Waals surface area contributed by atoms with Crippen LogP contribution in [0, 0.1) is 0 Å². The molecule has 0 unspecified atom stereocenters. The van der Waals surface area contributed by atoms with E-state index in [4.69, 9.17) is 4.98 Å². The van der Waals surface area contributed by atoms with Crippen LogP contribution in [0.4, 0.5) is 5.69 Å². The third kappa shape index (κ3) is 3.23. The van der Waals surface area contributed by atoms with Crippen LogP contribution in [-0.4, -0.2) is 38.0 Å². The molecule has 152 valence electrons. The number of thioether (sulfide) groups is 1. The maximum atomic E-state index is 12.9. The van der Waals surface area contributed by atoms with E-state index in [1.807, 2.05) is 35.2 Å². The fourth-order valence-electron chi connectivity index (χ4n) is 4.22. The number of para-hydroxylation sites is 2. The molecule has 0 N–H and O–H groups in total. The van der Waals surface area contributed by atoms with E-state index in [2.05, 4.69) is 46.8 Å². The van der Waals surface area contributed by atoms with Crippen LogP contribution >= 0.6 is 11.8 Å². The van der Waals surface area contributed by atoms with Gasteiger partial charge in [-0.3, -0.25) is 4.79 Å². The van der Waals surface area contributed by atoms with Gasteiger partial charge in [-0.05, 0) is 44.4 Å². The Labute approximate surface area is 179 Å². The zero-order valence-electron chi connectivity index (χ0n) is 17.1. The van der Waals surface area contributed by atoms with Crippen molar-refractivity contribution in [3.8, 4) is 0 Å². The van der Waals surface area contributed by atoms with E-state index in [9.17, 15) is 4.79 Å². The summed E-state index contributed by atoms with van der Waals surface area (Å²) >= 11 is 1.35. The number of hydrogen-bond acceptors (Lipinski definition) is 5. The van der Waals surface area contributed by atoms with Gasteiger partial charge in [0.2, 0.25) is 11.1 Å². The highest BCUT2D eigenvalue weighted by atomic mass is 32.2. The molecular weight excluding hydrogens is 394 g/mol. The van der Waals surface area contributed by atoms with Crippen molar-refractivity contribution in [2.75, 3.05) is 17.2 Å². The van der Waals surface area contributed by atoms with Gasteiger partial charge < -0.3 is 9.47 Å². The standard InChI is InChI=1S/C23H23N5OS/c1-15(2)28-19-12-6-4-10-17(19)21-22(28)24-23(26-25-21)30-14-20(29)27-13-7-9-16-8-3-5-11-18(16)27/h3-6,8,10-12,15H,7,9,13-14H2,1-2H3. The predicted octanol–water partition coefficient (Wildman–Crippen LogP) is 4.63. The van der Waals surface area contributed by atoms with Gasteiger partial charge in [-0.25, -0.2) is 4.98 Å². The number of anilines is 1. The normalized spacial score (nSPS) is 13.9. The van der Waals surface area contributed by atoms with Gasteiger partial charge in [-0.1, -0.05) is 48.2 Å². The van der Waals surface area contributed by atoms with E-state index in [0.29, 0.717) is 10.9 Å². The number of carbonyl (C=O) groups is 1. The van der Waals surface area contributed by atoms with E-state index in [0.717, 1.165) is 47.1 Å². The van der Waals surface area contributed by atoms with Crippen LogP contribution in [0.1, 0.15) is 31.9 Å². The van der Waals surface area contributed by atoms with Gasteiger partial charge in [0.05, 0.1) is 11.3 Å². The summed E-state index contributed by atoms with van der Waals surface area (Å²) in [6.07, 6.45) is 2.02. The lowest BCUT2D eigenvalue weighted by Gasteiger charge is -2.29. The number of aromatic nitrogens is 4. The molecule has 7 heteroatoms. The summed E-state index contributed by atoms with van der Waals surface area (Å²) < 4.78 is 2.19. The van der Waals surface area contributed by atoms with Gasteiger partial charge in [-0.15, -0.1) is 10.2 Å². The largest absolute Gasteiger partial charge is 0.321 e. The lowest BCUT2D eigenvalue weighted by atomic mass is 10.0. The van der Waals surface area contributed by atoms with Gasteiger partial charge in [0.15, 0.2) is 5.65 Å². The maximum absolute atomic E-state index is 12.9. The zero-order chi connectivity index (χ0) is 20.7. The molecule has 0 atom stereocenters. The van der Waals surface area contributed by atoms with E-state index >= 15 is 0 Å². The lowest BCUT2D eigenvalue weighted by molar-refractivity contribution is -0.116. The molecule has 0 aliphatic carbocycles. The van der Waals surface area contributed by atoms with Crippen molar-refractivity contribution in [2.24, 2.45) is 0 Å². The third-order valence-corrected chi connectivity index (χ3v) is 6.37. The van der Waals surface area contributed by atoms with Crippen LogP contribution in [0.5, 0.6) is 0 Å². The molecule has 0 bridgehead atoms. The predicted molar refractivity (Wildman–Crippen MR) is 121 cm³/mol. The first-order valence-corrected chi connectivity index (χ1v) is 11.3. The average Bonchev–Trinajstić information content (AvgIpc) is 3.11. The van der Waals surface area contributed by atoms with Crippen LogP contribution in [0.2, 0.25) is 0 Å². The Morgan fingerprint density at radius 2 is 1.90 bits per heavy atom. The molecule has 2 aromatic carbocycles. The Balaban J connectivity index is 1.42. The maximum Gasteiger partial charge on any atom is 0.237 e. The zero-order valence-corrected chi connectivity index (χ0v) is 17.9. The van der Waals surface area contributed by atoms with Crippen molar-refractivity contribution < 1.29 is 4.79 Å². The molecule has 0 radical (unpaired) electrons. The molecular formula is C23H23N5OS. The molecule has 1 aliphatic heterocycles. The number of hydrogen-bond donors (Lipinski definition) is 0. The van der Waals surface area contributed by atoms with Crippen LogP contribution in [0.3, 0.4) is 0 Å². The van der Waals surface area contributed by atoms with Crippen LogP contribution < -0.4 is 4.90 Å². The van der Waals surface area contributed by atoms with Crippen molar-refractivity contribution in [3.63, 3.8) is 0 Å². The van der Waals surface area contributed by atoms with Gasteiger partial charge in [0.1, 0.15) is 5.52 Å². The average molecular weight is 418 g/mol. The Morgan fingerprint density at radius 1 is 1.10 bits per heavy atom. The van der Waals surface area contributed by atoms with Gasteiger partial charge in [0.25, 0.3) is 0 Å². The summed E-state index contributed by atoms with van der Waals surface area (Å²) in [5, 5.41) is 10.4. The van der Waals surface area contributed by atoms with Crippen LogP contribution in [0.25, 0.3) is 22.1 Å². The first-order valence-electron chi connectivity index (χ1n) is 10.3. The smallest absolute Gasteiger partial charge is 0.237 e. The number of nitrogens with zero attached hydrogens (tertiary/aromatic N) is 5. The Hall–Kier alpha value is -2.93. The second-order valence-electron chi connectivity index (χ2n) is 7.81. The SMILES string of the molecule is CC(C)n1c2ccccc2c2nnc(SCC(=O)N3CCCc4ccccc43)nc21. The highest BCUT2D eigenvalue weighted by molar-refractivity contribution is 7.99. The summed E-state index contributed by atoms with van der Waals surface area (Å²) in [7, 11) is 0. The van der Waals surface area contributed by atoms with Crippen LogP contribution in [-0.2, 0) is 11.2 Å². The first kappa shape index (κ1) is 19.1. The summed E-state index contributed by atoms with van der Waals surface area (Å²) in [6, 6.07) is 16.6. The molecule has 0 fully saturated rings.